The van der Waals surface area contributed by atoms with Gasteiger partial charge in [-0.2, -0.15) is 5.26 Å². The molecule has 15 heavy (non-hydrogen) atoms. The molecule has 1 aromatic carbocycles. The Morgan fingerprint density at radius 2 is 2.20 bits per heavy atom. The Labute approximate surface area is 98.3 Å². The van der Waals surface area contributed by atoms with E-state index in [9.17, 15) is 0 Å². The molecule has 0 aromatic heterocycles. The number of halogens is 2. The van der Waals surface area contributed by atoms with Crippen molar-refractivity contribution in [3.63, 3.8) is 0 Å². The highest BCUT2D eigenvalue weighted by Gasteiger charge is 2.12. The minimum Gasteiger partial charge on any atom is -0.474 e. The van der Waals surface area contributed by atoms with E-state index in [0.29, 0.717) is 21.4 Å². The van der Waals surface area contributed by atoms with E-state index in [1.54, 1.807) is 19.1 Å². The molecule has 0 aliphatic carbocycles. The number of hydrogen-bond donors (Lipinski definition) is 1. The number of benzene rings is 1. The molecule has 0 aliphatic heterocycles. The molecule has 1 unspecified atom stereocenters. The van der Waals surface area contributed by atoms with Crippen molar-refractivity contribution in [1.82, 2.24) is 0 Å². The van der Waals surface area contributed by atoms with Crippen LogP contribution in [0, 0.1) is 11.3 Å². The zero-order chi connectivity index (χ0) is 11.4. The standard InChI is InChI=1S/C10H10Cl2N2O/c1-6(4-13)15-10-7(5-14)2-8(11)3-9(10)12/h2-3,6H,5,14H2,1H3. The summed E-state index contributed by atoms with van der Waals surface area (Å²) < 4.78 is 5.34. The summed E-state index contributed by atoms with van der Waals surface area (Å²) in [6.45, 7) is 1.89. The summed E-state index contributed by atoms with van der Waals surface area (Å²) in [5, 5.41) is 9.49. The van der Waals surface area contributed by atoms with Crippen molar-refractivity contribution in [1.29, 1.82) is 5.26 Å². The molecule has 0 aliphatic rings. The number of hydrogen-bond acceptors (Lipinski definition) is 3. The van der Waals surface area contributed by atoms with Crippen LogP contribution in [-0.2, 0) is 6.54 Å². The first-order chi connectivity index (χ1) is 7.08. The fourth-order valence-corrected chi connectivity index (χ4v) is 1.68. The Morgan fingerprint density at radius 1 is 1.53 bits per heavy atom. The van der Waals surface area contributed by atoms with Gasteiger partial charge in [0.25, 0.3) is 0 Å². The van der Waals surface area contributed by atoms with Gasteiger partial charge in [-0.15, -0.1) is 0 Å². The van der Waals surface area contributed by atoms with Crippen molar-refractivity contribution in [2.45, 2.75) is 19.6 Å². The lowest BCUT2D eigenvalue weighted by Crippen LogP contribution is -2.11. The lowest BCUT2D eigenvalue weighted by molar-refractivity contribution is 0.274. The lowest BCUT2D eigenvalue weighted by atomic mass is 10.2. The van der Waals surface area contributed by atoms with Gasteiger partial charge in [-0.05, 0) is 19.1 Å². The molecule has 1 atom stereocenters. The third-order valence-electron chi connectivity index (χ3n) is 1.78. The quantitative estimate of drug-likeness (QED) is 0.890. The fraction of sp³-hybridized carbons (Fsp3) is 0.300. The van der Waals surface area contributed by atoms with Gasteiger partial charge in [0.15, 0.2) is 6.10 Å². The summed E-state index contributed by atoms with van der Waals surface area (Å²) in [6.07, 6.45) is -0.575. The third-order valence-corrected chi connectivity index (χ3v) is 2.28. The summed E-state index contributed by atoms with van der Waals surface area (Å²) in [4.78, 5) is 0. The molecule has 2 N–H and O–H groups in total. The predicted molar refractivity (Wildman–Crippen MR) is 60.1 cm³/mol. The number of nitrogens with two attached hydrogens (primary N) is 1. The van der Waals surface area contributed by atoms with E-state index < -0.39 is 6.10 Å². The predicted octanol–water partition coefficient (Wildman–Crippen LogP) is 2.74. The van der Waals surface area contributed by atoms with Gasteiger partial charge < -0.3 is 10.5 Å². The van der Waals surface area contributed by atoms with Crippen LogP contribution >= 0.6 is 23.2 Å². The van der Waals surface area contributed by atoms with Crippen molar-refractivity contribution in [3.8, 4) is 11.8 Å². The van der Waals surface area contributed by atoms with Crippen molar-refractivity contribution in [2.24, 2.45) is 5.73 Å². The Morgan fingerprint density at radius 3 is 2.73 bits per heavy atom. The second-order valence-corrected chi connectivity index (χ2v) is 3.81. The van der Waals surface area contributed by atoms with E-state index in [4.69, 9.17) is 38.9 Å². The highest BCUT2D eigenvalue weighted by atomic mass is 35.5. The molecule has 0 saturated carbocycles. The Balaban J connectivity index is 3.10. The molecule has 1 aromatic rings. The molecule has 0 amide bonds. The van der Waals surface area contributed by atoms with Gasteiger partial charge in [0, 0.05) is 17.1 Å². The molecule has 0 saturated heterocycles. The topological polar surface area (TPSA) is 59.0 Å². The van der Waals surface area contributed by atoms with Crippen LogP contribution in [0.2, 0.25) is 10.0 Å². The van der Waals surface area contributed by atoms with Crippen LogP contribution in [0.4, 0.5) is 0 Å². The number of nitrogens with zero attached hydrogens (tertiary/aromatic N) is 1. The molecule has 3 nitrogen and oxygen atoms in total. The average Bonchev–Trinajstić information content (AvgIpc) is 2.21. The summed E-state index contributed by atoms with van der Waals surface area (Å²) >= 11 is 11.8. The van der Waals surface area contributed by atoms with E-state index in [2.05, 4.69) is 0 Å². The second kappa shape index (κ2) is 5.22. The van der Waals surface area contributed by atoms with Crippen molar-refractivity contribution < 1.29 is 4.74 Å². The Hall–Kier alpha value is -0.950. The normalized spacial score (nSPS) is 11.9. The molecule has 0 radical (unpaired) electrons. The van der Waals surface area contributed by atoms with Crippen molar-refractivity contribution in [3.05, 3.63) is 27.7 Å². The van der Waals surface area contributed by atoms with Gasteiger partial charge in [0.1, 0.15) is 11.8 Å². The molecule has 1 rings (SSSR count). The van der Waals surface area contributed by atoms with Crippen LogP contribution in [0.5, 0.6) is 5.75 Å². The SMILES string of the molecule is CC(C#N)Oc1c(Cl)cc(Cl)cc1CN. The van der Waals surface area contributed by atoms with Crippen LogP contribution in [0.25, 0.3) is 0 Å². The maximum atomic E-state index is 8.63. The first kappa shape index (κ1) is 12.1. The van der Waals surface area contributed by atoms with E-state index in [1.807, 2.05) is 6.07 Å². The van der Waals surface area contributed by atoms with Crippen molar-refractivity contribution >= 4 is 23.2 Å². The second-order valence-electron chi connectivity index (χ2n) is 2.97. The van der Waals surface area contributed by atoms with Gasteiger partial charge in [-0.25, -0.2) is 0 Å². The number of ether oxygens (including phenoxy) is 1. The zero-order valence-electron chi connectivity index (χ0n) is 8.13. The van der Waals surface area contributed by atoms with Crippen molar-refractivity contribution in [2.75, 3.05) is 0 Å². The molecule has 0 spiro atoms. The molecular formula is C10H10Cl2N2O. The van der Waals surface area contributed by atoms with Crippen LogP contribution in [0.3, 0.4) is 0 Å². The van der Waals surface area contributed by atoms with Gasteiger partial charge in [-0.1, -0.05) is 23.2 Å². The Kier molecular flexibility index (Phi) is 4.22. The highest BCUT2D eigenvalue weighted by Crippen LogP contribution is 2.32. The van der Waals surface area contributed by atoms with Gasteiger partial charge in [0.2, 0.25) is 0 Å². The Bertz CT molecular complexity index is 401. The van der Waals surface area contributed by atoms with E-state index >= 15 is 0 Å². The molecule has 5 heteroatoms. The highest BCUT2D eigenvalue weighted by molar-refractivity contribution is 6.35. The first-order valence-electron chi connectivity index (χ1n) is 4.32. The van der Waals surface area contributed by atoms with Crippen LogP contribution in [0.15, 0.2) is 12.1 Å². The summed E-state index contributed by atoms with van der Waals surface area (Å²) in [5.41, 5.74) is 6.21. The monoisotopic (exact) mass is 244 g/mol. The summed E-state index contributed by atoms with van der Waals surface area (Å²) in [6, 6.07) is 5.18. The van der Waals surface area contributed by atoms with Gasteiger partial charge in [0.05, 0.1) is 5.02 Å². The van der Waals surface area contributed by atoms with Crippen LogP contribution in [0.1, 0.15) is 12.5 Å². The molecular weight excluding hydrogens is 235 g/mol. The number of nitriles is 1. The first-order valence-corrected chi connectivity index (χ1v) is 5.08. The number of rotatable bonds is 3. The van der Waals surface area contributed by atoms with Crippen LogP contribution < -0.4 is 10.5 Å². The molecule has 0 heterocycles. The molecule has 0 bridgehead atoms. The maximum absolute atomic E-state index is 8.63. The van der Waals surface area contributed by atoms with E-state index in [1.165, 1.54) is 0 Å². The lowest BCUT2D eigenvalue weighted by Gasteiger charge is -2.13. The van der Waals surface area contributed by atoms with Gasteiger partial charge in [-0.3, -0.25) is 0 Å². The summed E-state index contributed by atoms with van der Waals surface area (Å²) in [5.74, 6) is 0.428. The maximum Gasteiger partial charge on any atom is 0.181 e. The van der Waals surface area contributed by atoms with E-state index in [0.717, 1.165) is 0 Å². The average molecular weight is 245 g/mol. The third kappa shape index (κ3) is 3.00. The zero-order valence-corrected chi connectivity index (χ0v) is 9.64. The van der Waals surface area contributed by atoms with Crippen LogP contribution in [-0.4, -0.2) is 6.10 Å². The van der Waals surface area contributed by atoms with E-state index in [-0.39, 0.29) is 6.54 Å². The van der Waals surface area contributed by atoms with Gasteiger partial charge >= 0.3 is 0 Å². The fourth-order valence-electron chi connectivity index (χ4n) is 1.10. The summed E-state index contributed by atoms with van der Waals surface area (Å²) in [7, 11) is 0. The molecule has 80 valence electrons. The smallest absolute Gasteiger partial charge is 0.181 e. The largest absolute Gasteiger partial charge is 0.474 e. The minimum atomic E-state index is -0.575. The minimum absolute atomic E-state index is 0.258. The molecule has 0 fully saturated rings.